The topological polar surface area (TPSA) is 255 Å². The number of rotatable bonds is 8. The van der Waals surface area contributed by atoms with Crippen LogP contribution in [0.3, 0.4) is 0 Å². The van der Waals surface area contributed by atoms with Gasteiger partial charge in [0.2, 0.25) is 0 Å². The standard InChI is InChI=1S/2C26H24FN7O3/c2*27-17-5-3-4-16(13-28)22(17)18-12-20(23-19(30-18)14-29-24(23)35)34-10-6-21(31-34)33-11-7-26(37,15-33)25(36)32-8-1-2-9-32/h2*3-6,10,12,37H,1-2,7-9,11,14-15H2,(H,29,35)/t26-;/m0./s1. The van der Waals surface area contributed by atoms with Crippen molar-refractivity contribution in [2.45, 2.75) is 62.8 Å². The van der Waals surface area contributed by atoms with Gasteiger partial charge in [-0.15, -0.1) is 0 Å². The van der Waals surface area contributed by atoms with Gasteiger partial charge in [-0.05, 0) is 62.1 Å². The molecule has 1 unspecified atom stereocenters. The zero-order valence-corrected chi connectivity index (χ0v) is 39.9. The van der Waals surface area contributed by atoms with E-state index in [4.69, 9.17) is 0 Å². The summed E-state index contributed by atoms with van der Waals surface area (Å²) in [5.41, 5.74) is 0.255. The van der Waals surface area contributed by atoms with Crippen LogP contribution in [-0.4, -0.2) is 137 Å². The van der Waals surface area contributed by atoms with E-state index in [0.717, 1.165) is 25.7 Å². The molecule has 4 fully saturated rings. The summed E-state index contributed by atoms with van der Waals surface area (Å²) >= 11 is 0. The Morgan fingerprint density at radius 1 is 0.595 bits per heavy atom. The average molecular weight is 1000 g/mol. The molecule has 22 heteroatoms. The van der Waals surface area contributed by atoms with E-state index in [2.05, 4.69) is 30.8 Å². The van der Waals surface area contributed by atoms with Gasteiger partial charge in [0.1, 0.15) is 11.6 Å². The summed E-state index contributed by atoms with van der Waals surface area (Å²) in [4.78, 5) is 67.2. The number of aromatic nitrogens is 6. The Kier molecular flexibility index (Phi) is 12.1. The van der Waals surface area contributed by atoms with Crippen LogP contribution in [0.2, 0.25) is 0 Å². The Bertz CT molecular complexity index is 3170. The fraction of sp³-hybridized carbons (Fsp3) is 0.346. The maximum absolute atomic E-state index is 14.8. The molecule has 0 saturated carbocycles. The molecule has 2 atom stereocenters. The molecule has 20 nitrogen and oxygen atoms in total. The summed E-state index contributed by atoms with van der Waals surface area (Å²) in [5.74, 6) is -1.20. The minimum Gasteiger partial charge on any atom is -0.378 e. The third kappa shape index (κ3) is 8.40. The number of nitrogens with zero attached hydrogens (tertiary/aromatic N) is 12. The molecule has 0 radical (unpaired) electrons. The zero-order valence-electron chi connectivity index (χ0n) is 39.9. The number of hydrogen-bond donors (Lipinski definition) is 4. The highest BCUT2D eigenvalue weighted by Crippen LogP contribution is 2.36. The number of halogens is 2. The first-order chi connectivity index (χ1) is 35.8. The highest BCUT2D eigenvalue weighted by molar-refractivity contribution is 6.02. The second kappa shape index (κ2) is 18.8. The zero-order chi connectivity index (χ0) is 51.5. The number of hydrogen-bond acceptors (Lipinski definition) is 14. The Morgan fingerprint density at radius 2 is 1.00 bits per heavy atom. The minimum atomic E-state index is -1.46. The van der Waals surface area contributed by atoms with Crippen molar-refractivity contribution in [3.8, 4) is 46.0 Å². The smallest absolute Gasteiger partial charge is 0.256 e. The second-order valence-electron chi connectivity index (χ2n) is 19.3. The van der Waals surface area contributed by atoms with Crippen LogP contribution in [-0.2, 0) is 22.7 Å². The molecular formula is C52H48F2N14O6. The third-order valence-electron chi connectivity index (χ3n) is 14.6. The molecule has 74 heavy (non-hydrogen) atoms. The summed E-state index contributed by atoms with van der Waals surface area (Å²) in [6.45, 7) is 4.19. The van der Waals surface area contributed by atoms with Gasteiger partial charge in [-0.2, -0.15) is 20.7 Å². The Labute approximate surface area is 422 Å². The minimum absolute atomic E-state index is 0.0609. The van der Waals surface area contributed by atoms with Crippen LogP contribution < -0.4 is 20.4 Å². The lowest BCUT2D eigenvalue weighted by molar-refractivity contribution is -0.148. The van der Waals surface area contributed by atoms with E-state index in [1.807, 2.05) is 21.9 Å². The number of likely N-dealkylation sites (tertiary alicyclic amines) is 2. The highest BCUT2D eigenvalue weighted by Gasteiger charge is 2.47. The van der Waals surface area contributed by atoms with Crippen molar-refractivity contribution in [3.05, 3.63) is 118 Å². The summed E-state index contributed by atoms with van der Waals surface area (Å²) in [6.07, 6.45) is 7.75. The van der Waals surface area contributed by atoms with Crippen LogP contribution in [0.15, 0.2) is 73.1 Å². The van der Waals surface area contributed by atoms with Crippen LogP contribution in [0.5, 0.6) is 0 Å². The molecule has 4 N–H and O–H groups in total. The number of nitrogens with one attached hydrogen (secondary N) is 2. The van der Waals surface area contributed by atoms with Gasteiger partial charge in [-0.3, -0.25) is 19.2 Å². The predicted octanol–water partition coefficient (Wildman–Crippen LogP) is 3.50. The van der Waals surface area contributed by atoms with Crippen LogP contribution >= 0.6 is 0 Å². The Morgan fingerprint density at radius 3 is 1.39 bits per heavy atom. The first kappa shape index (κ1) is 47.7. The first-order valence-electron chi connectivity index (χ1n) is 24.4. The van der Waals surface area contributed by atoms with E-state index in [1.54, 1.807) is 46.5 Å². The third-order valence-corrected chi connectivity index (χ3v) is 14.6. The van der Waals surface area contributed by atoms with Crippen molar-refractivity contribution in [2.75, 3.05) is 62.2 Å². The highest BCUT2D eigenvalue weighted by atomic mass is 19.1. The van der Waals surface area contributed by atoms with Gasteiger partial charge in [-0.1, -0.05) is 12.1 Å². The maximum atomic E-state index is 14.8. The number of nitriles is 2. The van der Waals surface area contributed by atoms with Crippen molar-refractivity contribution in [3.63, 3.8) is 0 Å². The molecule has 10 heterocycles. The number of pyridine rings is 2. The number of carbonyl (C=O) groups excluding carboxylic acids is 4. The molecule has 12 rings (SSSR count). The maximum Gasteiger partial charge on any atom is 0.256 e. The fourth-order valence-corrected chi connectivity index (χ4v) is 10.8. The second-order valence-corrected chi connectivity index (χ2v) is 19.3. The van der Waals surface area contributed by atoms with Gasteiger partial charge in [-0.25, -0.2) is 28.1 Å². The normalized spacial score (nSPS) is 20.7. The fourth-order valence-electron chi connectivity index (χ4n) is 10.8. The summed E-state index contributed by atoms with van der Waals surface area (Å²) in [6, 6.07) is 19.1. The number of β-amino-alcohol motifs (C(OH)–C–C–N with tert-alkyl or cyclic N) is 2. The summed E-state index contributed by atoms with van der Waals surface area (Å²) in [7, 11) is 0. The molecule has 4 aromatic heterocycles. The molecule has 376 valence electrons. The molecule has 6 aliphatic rings. The SMILES string of the molecule is N#Cc1cccc(F)c1-c1cc(-n2ccc(N3CCC(O)(C(=O)N4CCCC4)C3)n2)c2c(n1)CNC2=O.N#Cc1cccc(F)c1-c1cc(-n2ccc(N3CC[C@@](O)(C(=O)N4CCCC4)C3)n2)c2c(n1)CNC2=O. The molecule has 6 aliphatic heterocycles. The molecule has 0 spiro atoms. The van der Waals surface area contributed by atoms with Crippen LogP contribution in [0.4, 0.5) is 20.4 Å². The van der Waals surface area contributed by atoms with Crippen LogP contribution in [0.1, 0.15) is 81.8 Å². The lowest BCUT2D eigenvalue weighted by Gasteiger charge is -2.27. The van der Waals surface area contributed by atoms with Crippen molar-refractivity contribution in [1.29, 1.82) is 10.5 Å². The number of amides is 4. The van der Waals surface area contributed by atoms with Crippen LogP contribution in [0.25, 0.3) is 33.9 Å². The number of carbonyl (C=O) groups is 4. The van der Waals surface area contributed by atoms with E-state index in [9.17, 15) is 48.7 Å². The monoisotopic (exact) mass is 1000 g/mol. The van der Waals surface area contributed by atoms with E-state index in [-0.39, 0.29) is 83.4 Å². The molecule has 2 aromatic carbocycles. The van der Waals surface area contributed by atoms with Crippen molar-refractivity contribution >= 4 is 35.3 Å². The van der Waals surface area contributed by atoms with E-state index in [0.29, 0.717) is 97.6 Å². The van der Waals surface area contributed by atoms with Gasteiger partial charge in [0.05, 0.1) is 106 Å². The number of aliphatic hydroxyl groups is 2. The van der Waals surface area contributed by atoms with Crippen molar-refractivity contribution in [1.82, 2.24) is 50.0 Å². The number of benzene rings is 2. The van der Waals surface area contributed by atoms with E-state index < -0.39 is 22.8 Å². The molecular weight excluding hydrogens is 955 g/mol. The summed E-state index contributed by atoms with van der Waals surface area (Å²) < 4.78 is 32.6. The molecule has 4 saturated heterocycles. The van der Waals surface area contributed by atoms with Crippen molar-refractivity contribution in [2.24, 2.45) is 0 Å². The first-order valence-corrected chi connectivity index (χ1v) is 24.4. The predicted molar refractivity (Wildman–Crippen MR) is 260 cm³/mol. The quantitative estimate of drug-likeness (QED) is 0.170. The van der Waals surface area contributed by atoms with Gasteiger partial charge >= 0.3 is 0 Å². The lowest BCUT2D eigenvalue weighted by atomic mass is 10.0. The van der Waals surface area contributed by atoms with Gasteiger partial charge in [0.25, 0.3) is 23.6 Å². The molecule has 4 amide bonds. The van der Waals surface area contributed by atoms with Gasteiger partial charge in [0.15, 0.2) is 22.8 Å². The lowest BCUT2D eigenvalue weighted by Crippen LogP contribution is -2.49. The van der Waals surface area contributed by atoms with E-state index >= 15 is 0 Å². The largest absolute Gasteiger partial charge is 0.378 e. The molecule has 0 bridgehead atoms. The van der Waals surface area contributed by atoms with Gasteiger partial charge < -0.3 is 40.4 Å². The van der Waals surface area contributed by atoms with Crippen LogP contribution in [0, 0.1) is 34.3 Å². The number of anilines is 2. The summed E-state index contributed by atoms with van der Waals surface area (Å²) in [5, 5.41) is 56.0. The van der Waals surface area contributed by atoms with Crippen molar-refractivity contribution < 1.29 is 38.2 Å². The number of fused-ring (bicyclic) bond motifs is 2. The average Bonchev–Trinajstić information content (AvgIpc) is 4.26. The van der Waals surface area contributed by atoms with E-state index in [1.165, 1.54) is 45.8 Å². The molecule has 6 aromatic rings. The Hall–Kier alpha value is -8.60. The van der Waals surface area contributed by atoms with Gasteiger partial charge in [0, 0.05) is 76.6 Å². The molecule has 0 aliphatic carbocycles. The Balaban J connectivity index is 0.000000159.